The second-order valence-electron chi connectivity index (χ2n) is 4.55. The molecule has 1 aromatic rings. The van der Waals surface area contributed by atoms with Crippen LogP contribution in [0, 0.1) is 0 Å². The molecule has 0 aliphatic rings. The Balaban J connectivity index is 2.72. The van der Waals surface area contributed by atoms with Gasteiger partial charge in [-0.15, -0.1) is 11.3 Å². The molecule has 0 amide bonds. The summed E-state index contributed by atoms with van der Waals surface area (Å²) in [6, 6.07) is 0. The molecule has 116 valence electrons. The van der Waals surface area contributed by atoms with Crippen molar-refractivity contribution in [3.8, 4) is 0 Å². The Morgan fingerprint density at radius 1 is 1.25 bits per heavy atom. The largest absolute Gasteiger partial charge is 0.383 e. The highest BCUT2D eigenvalue weighted by molar-refractivity contribution is 7.15. The highest BCUT2D eigenvalue weighted by Gasteiger charge is 2.14. The van der Waals surface area contributed by atoms with Crippen LogP contribution in [-0.4, -0.2) is 45.4 Å². The minimum atomic E-state index is 0.571. The van der Waals surface area contributed by atoms with Gasteiger partial charge < -0.3 is 19.7 Å². The minimum absolute atomic E-state index is 0.571. The first-order valence-corrected chi connectivity index (χ1v) is 8.00. The molecule has 0 saturated carbocycles. The number of methoxy groups -OCH3 is 2. The lowest BCUT2D eigenvalue weighted by Crippen LogP contribution is -2.23. The molecule has 0 aromatic carbocycles. The molecule has 0 atom stereocenters. The highest BCUT2D eigenvalue weighted by atomic mass is 32.1. The van der Waals surface area contributed by atoms with Crippen LogP contribution in [0.3, 0.4) is 0 Å². The summed E-state index contributed by atoms with van der Waals surface area (Å²) in [6.45, 7) is 9.37. The van der Waals surface area contributed by atoms with E-state index in [0.29, 0.717) is 6.61 Å². The maximum atomic E-state index is 5.26. The van der Waals surface area contributed by atoms with Gasteiger partial charge in [0.2, 0.25) is 0 Å². The van der Waals surface area contributed by atoms with Crippen LogP contribution in [-0.2, 0) is 22.6 Å². The Labute approximate surface area is 126 Å². The van der Waals surface area contributed by atoms with Gasteiger partial charge in [-0.25, -0.2) is 4.98 Å². The molecule has 1 N–H and O–H groups in total. The Hall–Kier alpha value is -0.690. The number of nitrogens with zero attached hydrogens (tertiary/aromatic N) is 2. The van der Waals surface area contributed by atoms with Gasteiger partial charge >= 0.3 is 0 Å². The summed E-state index contributed by atoms with van der Waals surface area (Å²) < 4.78 is 10.3. The molecule has 0 aliphatic heterocycles. The zero-order chi connectivity index (χ0) is 14.8. The number of hydrogen-bond donors (Lipinski definition) is 1. The third-order valence-electron chi connectivity index (χ3n) is 2.96. The second-order valence-corrected chi connectivity index (χ2v) is 5.61. The van der Waals surface area contributed by atoms with Crippen LogP contribution in [0.4, 0.5) is 5.13 Å². The van der Waals surface area contributed by atoms with Crippen molar-refractivity contribution in [2.75, 3.05) is 45.4 Å². The molecule has 0 saturated heterocycles. The van der Waals surface area contributed by atoms with E-state index in [4.69, 9.17) is 14.5 Å². The van der Waals surface area contributed by atoms with E-state index in [9.17, 15) is 0 Å². The van der Waals surface area contributed by atoms with Crippen molar-refractivity contribution in [3.63, 3.8) is 0 Å². The predicted molar refractivity (Wildman–Crippen MR) is 84.6 cm³/mol. The first kappa shape index (κ1) is 17.4. The molecule has 0 radical (unpaired) electrons. The second kappa shape index (κ2) is 10.1. The van der Waals surface area contributed by atoms with Gasteiger partial charge in [0, 0.05) is 45.3 Å². The molecule has 5 nitrogen and oxygen atoms in total. The number of rotatable bonds is 11. The van der Waals surface area contributed by atoms with Gasteiger partial charge in [0.05, 0.1) is 18.9 Å². The van der Waals surface area contributed by atoms with Crippen molar-refractivity contribution in [2.45, 2.75) is 33.4 Å². The van der Waals surface area contributed by atoms with Crippen molar-refractivity contribution in [2.24, 2.45) is 0 Å². The average molecular weight is 301 g/mol. The zero-order valence-corrected chi connectivity index (χ0v) is 13.9. The SMILES string of the molecule is CCCN(CC)c1nc(COC)c(CNCCOC)s1. The monoisotopic (exact) mass is 301 g/mol. The summed E-state index contributed by atoms with van der Waals surface area (Å²) in [5, 5.41) is 4.48. The van der Waals surface area contributed by atoms with E-state index in [1.807, 2.05) is 0 Å². The van der Waals surface area contributed by atoms with E-state index in [0.717, 1.165) is 50.0 Å². The fourth-order valence-electron chi connectivity index (χ4n) is 1.93. The molecule has 20 heavy (non-hydrogen) atoms. The Morgan fingerprint density at radius 3 is 2.65 bits per heavy atom. The van der Waals surface area contributed by atoms with Gasteiger partial charge in [-0.1, -0.05) is 6.92 Å². The topological polar surface area (TPSA) is 46.6 Å². The molecule has 1 heterocycles. The fraction of sp³-hybridized carbons (Fsp3) is 0.786. The number of hydrogen-bond acceptors (Lipinski definition) is 6. The zero-order valence-electron chi connectivity index (χ0n) is 13.1. The summed E-state index contributed by atoms with van der Waals surface area (Å²) >= 11 is 1.76. The number of ether oxygens (including phenoxy) is 2. The molecular formula is C14H27N3O2S. The van der Waals surface area contributed by atoms with Crippen LogP contribution < -0.4 is 10.2 Å². The van der Waals surface area contributed by atoms with Crippen LogP contribution in [0.2, 0.25) is 0 Å². The number of anilines is 1. The van der Waals surface area contributed by atoms with Crippen LogP contribution in [0.25, 0.3) is 0 Å². The highest BCUT2D eigenvalue weighted by Crippen LogP contribution is 2.27. The van der Waals surface area contributed by atoms with Gasteiger partial charge in [-0.2, -0.15) is 0 Å². The Bertz CT molecular complexity index is 371. The van der Waals surface area contributed by atoms with E-state index in [1.165, 1.54) is 4.88 Å². The van der Waals surface area contributed by atoms with Crippen molar-refractivity contribution in [1.29, 1.82) is 0 Å². The summed E-state index contributed by atoms with van der Waals surface area (Å²) in [6.07, 6.45) is 1.13. The maximum Gasteiger partial charge on any atom is 0.185 e. The normalized spacial score (nSPS) is 11.0. The van der Waals surface area contributed by atoms with Gasteiger partial charge in [0.25, 0.3) is 0 Å². The summed E-state index contributed by atoms with van der Waals surface area (Å²) in [5.74, 6) is 0. The van der Waals surface area contributed by atoms with Crippen LogP contribution in [0.1, 0.15) is 30.8 Å². The number of nitrogens with one attached hydrogen (secondary N) is 1. The third-order valence-corrected chi connectivity index (χ3v) is 4.12. The molecule has 0 unspecified atom stereocenters. The molecule has 6 heteroatoms. The fourth-order valence-corrected chi connectivity index (χ4v) is 3.05. The smallest absolute Gasteiger partial charge is 0.185 e. The molecular weight excluding hydrogens is 274 g/mol. The molecule has 0 spiro atoms. The van der Waals surface area contributed by atoms with Crippen LogP contribution >= 0.6 is 11.3 Å². The molecule has 1 rings (SSSR count). The lowest BCUT2D eigenvalue weighted by Gasteiger charge is -2.18. The van der Waals surface area contributed by atoms with Crippen molar-refractivity contribution in [3.05, 3.63) is 10.6 Å². The van der Waals surface area contributed by atoms with Gasteiger partial charge in [0.15, 0.2) is 5.13 Å². The first-order valence-electron chi connectivity index (χ1n) is 7.18. The van der Waals surface area contributed by atoms with E-state index >= 15 is 0 Å². The lowest BCUT2D eigenvalue weighted by molar-refractivity contribution is 0.181. The van der Waals surface area contributed by atoms with Crippen molar-refractivity contribution < 1.29 is 9.47 Å². The van der Waals surface area contributed by atoms with Crippen molar-refractivity contribution >= 4 is 16.5 Å². The first-order chi connectivity index (χ1) is 9.76. The van der Waals surface area contributed by atoms with Gasteiger partial charge in [-0.05, 0) is 13.3 Å². The predicted octanol–water partition coefficient (Wildman–Crippen LogP) is 2.26. The lowest BCUT2D eigenvalue weighted by atomic mass is 10.3. The standard InChI is InChI=1S/C14H27N3O2S/c1-5-8-17(6-2)14-16-12(11-19-4)13(20-14)10-15-7-9-18-3/h15H,5-11H2,1-4H3. The van der Waals surface area contributed by atoms with Crippen molar-refractivity contribution in [1.82, 2.24) is 10.3 Å². The van der Waals surface area contributed by atoms with Crippen LogP contribution in [0.5, 0.6) is 0 Å². The van der Waals surface area contributed by atoms with E-state index in [2.05, 4.69) is 24.1 Å². The molecule has 0 bridgehead atoms. The van der Waals surface area contributed by atoms with E-state index < -0.39 is 0 Å². The summed E-state index contributed by atoms with van der Waals surface area (Å²) in [4.78, 5) is 8.32. The minimum Gasteiger partial charge on any atom is -0.383 e. The summed E-state index contributed by atoms with van der Waals surface area (Å²) in [7, 11) is 3.43. The van der Waals surface area contributed by atoms with Gasteiger partial charge in [-0.3, -0.25) is 0 Å². The number of aromatic nitrogens is 1. The molecule has 0 fully saturated rings. The van der Waals surface area contributed by atoms with E-state index in [-0.39, 0.29) is 0 Å². The molecule has 1 aromatic heterocycles. The average Bonchev–Trinajstić information content (AvgIpc) is 2.84. The van der Waals surface area contributed by atoms with E-state index in [1.54, 1.807) is 25.6 Å². The number of thiazole rings is 1. The van der Waals surface area contributed by atoms with Crippen LogP contribution in [0.15, 0.2) is 0 Å². The summed E-state index contributed by atoms with van der Waals surface area (Å²) in [5.41, 5.74) is 1.05. The third kappa shape index (κ3) is 5.36. The Kier molecular flexibility index (Phi) is 8.77. The maximum absolute atomic E-state index is 5.26. The quantitative estimate of drug-likeness (QED) is 0.635. The molecule has 0 aliphatic carbocycles. The Morgan fingerprint density at radius 2 is 2.05 bits per heavy atom. The van der Waals surface area contributed by atoms with Gasteiger partial charge in [0.1, 0.15) is 0 Å².